The van der Waals surface area contributed by atoms with Gasteiger partial charge in [-0.1, -0.05) is 6.08 Å². The van der Waals surface area contributed by atoms with Crippen LogP contribution in [0.25, 0.3) is 0 Å². The minimum absolute atomic E-state index is 0.0528. The predicted octanol–water partition coefficient (Wildman–Crippen LogP) is 0.727. The Balaban J connectivity index is 3.66. The number of hydrogen-bond acceptors (Lipinski definition) is 2. The van der Waals surface area contributed by atoms with E-state index in [1.165, 1.54) is 6.92 Å². The summed E-state index contributed by atoms with van der Waals surface area (Å²) in [6.07, 6.45) is 1.81. The van der Waals surface area contributed by atoms with Crippen molar-refractivity contribution in [3.63, 3.8) is 0 Å². The highest BCUT2D eigenvalue weighted by atomic mass is 16.1. The number of rotatable bonds is 3. The average Bonchev–Trinajstić information content (AvgIpc) is 1.90. The minimum atomic E-state index is -0.0528. The second-order valence-electron chi connectivity index (χ2n) is 1.85. The molecule has 0 spiro atoms. The van der Waals surface area contributed by atoms with Crippen LogP contribution < -0.4 is 5.32 Å². The quantitative estimate of drug-likeness (QED) is 0.577. The third kappa shape index (κ3) is 3.83. The van der Waals surface area contributed by atoms with Crippen molar-refractivity contribution >= 4 is 12.6 Å². The first-order valence-corrected chi connectivity index (χ1v) is 3.07. The minimum Gasteiger partial charge on any atom is -0.351 e. The molecule has 0 aromatic carbocycles. The Morgan fingerprint density at radius 3 is 2.70 bits per heavy atom. The van der Waals surface area contributed by atoms with Crippen molar-refractivity contribution in [2.75, 3.05) is 6.54 Å². The van der Waals surface area contributed by atoms with Crippen molar-refractivity contribution in [3.05, 3.63) is 11.8 Å². The van der Waals surface area contributed by atoms with Crippen LogP contribution in [0.15, 0.2) is 16.8 Å². The first-order chi connectivity index (χ1) is 4.70. The van der Waals surface area contributed by atoms with E-state index in [0.29, 0.717) is 6.54 Å². The highest BCUT2D eigenvalue weighted by Gasteiger charge is 1.91. The standard InChI is InChI=1S/C7H12N2O/c1-4-7(8-3)5-9-6(2)10/h4H,3,5H2,1-2H3,(H,9,10)/b7-4-. The van der Waals surface area contributed by atoms with Gasteiger partial charge in [0.25, 0.3) is 0 Å². The molecule has 0 saturated carbocycles. The Labute approximate surface area is 60.8 Å². The van der Waals surface area contributed by atoms with Crippen molar-refractivity contribution in [2.45, 2.75) is 13.8 Å². The van der Waals surface area contributed by atoms with E-state index in [4.69, 9.17) is 0 Å². The van der Waals surface area contributed by atoms with Crippen LogP contribution in [0.5, 0.6) is 0 Å². The maximum absolute atomic E-state index is 10.4. The molecular weight excluding hydrogens is 128 g/mol. The number of carbonyl (C=O) groups is 1. The molecule has 0 heterocycles. The average molecular weight is 140 g/mol. The molecule has 0 fully saturated rings. The lowest BCUT2D eigenvalue weighted by molar-refractivity contribution is -0.118. The van der Waals surface area contributed by atoms with Gasteiger partial charge < -0.3 is 5.32 Å². The molecule has 3 nitrogen and oxygen atoms in total. The topological polar surface area (TPSA) is 41.5 Å². The molecule has 0 radical (unpaired) electrons. The lowest BCUT2D eigenvalue weighted by Gasteiger charge is -1.99. The normalized spacial score (nSPS) is 10.8. The van der Waals surface area contributed by atoms with E-state index in [-0.39, 0.29) is 5.91 Å². The zero-order valence-corrected chi connectivity index (χ0v) is 6.35. The van der Waals surface area contributed by atoms with Gasteiger partial charge >= 0.3 is 0 Å². The van der Waals surface area contributed by atoms with Crippen molar-refractivity contribution in [1.29, 1.82) is 0 Å². The van der Waals surface area contributed by atoms with E-state index < -0.39 is 0 Å². The SMILES string of the molecule is C=N/C(=C\C)CNC(C)=O. The van der Waals surface area contributed by atoms with Gasteiger partial charge in [0.2, 0.25) is 5.91 Å². The van der Waals surface area contributed by atoms with Crippen LogP contribution in [0.4, 0.5) is 0 Å². The Morgan fingerprint density at radius 1 is 1.80 bits per heavy atom. The van der Waals surface area contributed by atoms with Gasteiger partial charge in [-0.3, -0.25) is 9.79 Å². The zero-order chi connectivity index (χ0) is 7.98. The molecule has 0 saturated heterocycles. The van der Waals surface area contributed by atoms with Crippen LogP contribution in [0.1, 0.15) is 13.8 Å². The summed E-state index contributed by atoms with van der Waals surface area (Å²) < 4.78 is 0. The molecule has 0 aliphatic carbocycles. The second kappa shape index (κ2) is 4.73. The molecule has 0 atom stereocenters. The molecule has 0 aromatic heterocycles. The van der Waals surface area contributed by atoms with E-state index in [9.17, 15) is 4.79 Å². The molecule has 0 aromatic rings. The van der Waals surface area contributed by atoms with Gasteiger partial charge in [-0.25, -0.2) is 0 Å². The first kappa shape index (κ1) is 8.88. The van der Waals surface area contributed by atoms with Crippen LogP contribution in [0.2, 0.25) is 0 Å². The van der Waals surface area contributed by atoms with Gasteiger partial charge in [-0.2, -0.15) is 0 Å². The maximum Gasteiger partial charge on any atom is 0.217 e. The third-order valence-corrected chi connectivity index (χ3v) is 1.05. The van der Waals surface area contributed by atoms with Crippen LogP contribution >= 0.6 is 0 Å². The molecule has 0 aliphatic rings. The zero-order valence-electron chi connectivity index (χ0n) is 6.35. The summed E-state index contributed by atoms with van der Waals surface area (Å²) in [6.45, 7) is 7.13. The van der Waals surface area contributed by atoms with Gasteiger partial charge in [0.1, 0.15) is 0 Å². The third-order valence-electron chi connectivity index (χ3n) is 1.05. The number of nitrogens with one attached hydrogen (secondary N) is 1. The van der Waals surface area contributed by atoms with E-state index in [1.54, 1.807) is 0 Å². The number of aliphatic imine (C=N–C) groups is 1. The Hall–Kier alpha value is -1.12. The summed E-state index contributed by atoms with van der Waals surface area (Å²) in [7, 11) is 0. The number of amides is 1. The number of carbonyl (C=O) groups excluding carboxylic acids is 1. The van der Waals surface area contributed by atoms with Crippen LogP contribution in [-0.2, 0) is 4.79 Å². The first-order valence-electron chi connectivity index (χ1n) is 3.07. The molecule has 56 valence electrons. The fraction of sp³-hybridized carbons (Fsp3) is 0.429. The Morgan fingerprint density at radius 2 is 2.40 bits per heavy atom. The summed E-state index contributed by atoms with van der Waals surface area (Å²) in [5, 5.41) is 2.61. The van der Waals surface area contributed by atoms with E-state index in [0.717, 1.165) is 5.70 Å². The molecule has 3 heteroatoms. The number of allylic oxidation sites excluding steroid dienone is 1. The van der Waals surface area contributed by atoms with Crippen molar-refractivity contribution < 1.29 is 4.79 Å². The van der Waals surface area contributed by atoms with E-state index in [2.05, 4.69) is 17.0 Å². The predicted molar refractivity (Wildman–Crippen MR) is 42.0 cm³/mol. The van der Waals surface area contributed by atoms with E-state index >= 15 is 0 Å². The molecule has 1 amide bonds. The fourth-order valence-electron chi connectivity index (χ4n) is 0.464. The molecule has 0 bridgehead atoms. The van der Waals surface area contributed by atoms with Gasteiger partial charge in [-0.05, 0) is 13.6 Å². The van der Waals surface area contributed by atoms with Gasteiger partial charge in [-0.15, -0.1) is 0 Å². The molecule has 0 rings (SSSR count). The highest BCUT2D eigenvalue weighted by Crippen LogP contribution is 1.90. The monoisotopic (exact) mass is 140 g/mol. The Kier molecular flexibility index (Phi) is 4.20. The van der Waals surface area contributed by atoms with Crippen LogP contribution in [-0.4, -0.2) is 19.2 Å². The van der Waals surface area contributed by atoms with Gasteiger partial charge in [0, 0.05) is 6.92 Å². The number of hydrogen-bond donors (Lipinski definition) is 1. The summed E-state index contributed by atoms with van der Waals surface area (Å²) >= 11 is 0. The summed E-state index contributed by atoms with van der Waals surface area (Å²) in [4.78, 5) is 14.1. The van der Waals surface area contributed by atoms with Gasteiger partial charge in [0.05, 0.1) is 12.2 Å². The number of nitrogens with zero attached hydrogens (tertiary/aromatic N) is 1. The summed E-state index contributed by atoms with van der Waals surface area (Å²) in [5.41, 5.74) is 0.787. The summed E-state index contributed by atoms with van der Waals surface area (Å²) in [5.74, 6) is -0.0528. The molecule has 1 N–H and O–H groups in total. The van der Waals surface area contributed by atoms with Crippen molar-refractivity contribution in [3.8, 4) is 0 Å². The smallest absolute Gasteiger partial charge is 0.217 e. The largest absolute Gasteiger partial charge is 0.351 e. The lowest BCUT2D eigenvalue weighted by atomic mass is 10.4. The highest BCUT2D eigenvalue weighted by molar-refractivity contribution is 5.73. The molecule has 0 aliphatic heterocycles. The molecular formula is C7H12N2O. The molecule has 10 heavy (non-hydrogen) atoms. The second-order valence-corrected chi connectivity index (χ2v) is 1.85. The lowest BCUT2D eigenvalue weighted by Crippen LogP contribution is -2.21. The van der Waals surface area contributed by atoms with E-state index in [1.807, 2.05) is 13.0 Å². The van der Waals surface area contributed by atoms with Crippen molar-refractivity contribution in [2.24, 2.45) is 4.99 Å². The van der Waals surface area contributed by atoms with Gasteiger partial charge in [0.15, 0.2) is 0 Å². The summed E-state index contributed by atoms with van der Waals surface area (Å²) in [6, 6.07) is 0. The molecule has 0 unspecified atom stereocenters. The Bertz CT molecular complexity index is 161. The maximum atomic E-state index is 10.4. The van der Waals surface area contributed by atoms with Crippen molar-refractivity contribution in [1.82, 2.24) is 5.32 Å². The fourth-order valence-corrected chi connectivity index (χ4v) is 0.464. The van der Waals surface area contributed by atoms with Crippen LogP contribution in [0.3, 0.4) is 0 Å². The van der Waals surface area contributed by atoms with Crippen LogP contribution in [0, 0.1) is 0 Å².